The lowest BCUT2D eigenvalue weighted by Crippen LogP contribution is -2.51. The molecule has 19 heavy (non-hydrogen) atoms. The summed E-state index contributed by atoms with van der Waals surface area (Å²) in [6.07, 6.45) is 4.80. The van der Waals surface area contributed by atoms with Crippen molar-refractivity contribution in [1.82, 2.24) is 4.90 Å². The summed E-state index contributed by atoms with van der Waals surface area (Å²) in [5.74, 6) is 0. The first-order chi connectivity index (χ1) is 9.07. The second-order valence-electron chi connectivity index (χ2n) is 5.73. The van der Waals surface area contributed by atoms with E-state index < -0.39 is 0 Å². The van der Waals surface area contributed by atoms with E-state index in [1.807, 2.05) is 0 Å². The number of aryl methyl sites for hydroxylation is 1. The molecule has 2 heteroatoms. The highest BCUT2D eigenvalue weighted by atomic mass is 15.2. The molecule has 0 bridgehead atoms. The molecule has 1 unspecified atom stereocenters. The van der Waals surface area contributed by atoms with Crippen LogP contribution >= 0.6 is 0 Å². The Morgan fingerprint density at radius 2 is 2.00 bits per heavy atom. The van der Waals surface area contributed by atoms with Gasteiger partial charge in [-0.2, -0.15) is 0 Å². The molecule has 1 aromatic rings. The van der Waals surface area contributed by atoms with E-state index in [1.165, 1.54) is 30.4 Å². The summed E-state index contributed by atoms with van der Waals surface area (Å²) in [7, 11) is 2.22. The van der Waals surface area contributed by atoms with Crippen molar-refractivity contribution in [3.63, 3.8) is 0 Å². The molecule has 0 saturated heterocycles. The third-order valence-corrected chi connectivity index (χ3v) is 4.35. The molecule has 0 heterocycles. The van der Waals surface area contributed by atoms with Gasteiger partial charge in [-0.3, -0.25) is 4.90 Å². The van der Waals surface area contributed by atoms with Gasteiger partial charge < -0.3 is 5.73 Å². The van der Waals surface area contributed by atoms with Crippen LogP contribution < -0.4 is 5.73 Å². The fraction of sp³-hybridized carbons (Fsp3) is 0.647. The van der Waals surface area contributed by atoms with Crippen LogP contribution in [0, 0.1) is 6.92 Å². The summed E-state index contributed by atoms with van der Waals surface area (Å²) in [5.41, 5.74) is 8.96. The standard InChI is InChI=1S/C17H30N2/c1-5-7-11-17(6-2,14-18)19(4)13-16-10-8-9-15(3)12-16/h8-10,12H,5-7,11,13-14,18H2,1-4H3. The molecule has 1 aromatic carbocycles. The molecule has 0 fully saturated rings. The lowest BCUT2D eigenvalue weighted by atomic mass is 9.87. The van der Waals surface area contributed by atoms with Crippen LogP contribution in [0.1, 0.15) is 50.7 Å². The quantitative estimate of drug-likeness (QED) is 0.773. The van der Waals surface area contributed by atoms with Gasteiger partial charge in [0.2, 0.25) is 0 Å². The number of hydrogen-bond donors (Lipinski definition) is 1. The van der Waals surface area contributed by atoms with Gasteiger partial charge in [0.05, 0.1) is 0 Å². The topological polar surface area (TPSA) is 29.3 Å². The Morgan fingerprint density at radius 3 is 2.53 bits per heavy atom. The zero-order valence-corrected chi connectivity index (χ0v) is 13.1. The monoisotopic (exact) mass is 262 g/mol. The van der Waals surface area contributed by atoms with E-state index >= 15 is 0 Å². The number of nitrogens with two attached hydrogens (primary N) is 1. The fourth-order valence-electron chi connectivity index (χ4n) is 2.80. The van der Waals surface area contributed by atoms with Crippen molar-refractivity contribution in [3.05, 3.63) is 35.4 Å². The maximum Gasteiger partial charge on any atom is 0.0329 e. The van der Waals surface area contributed by atoms with Crippen LogP contribution in [0.2, 0.25) is 0 Å². The minimum absolute atomic E-state index is 0.153. The van der Waals surface area contributed by atoms with Crippen molar-refractivity contribution in [2.75, 3.05) is 13.6 Å². The maximum absolute atomic E-state index is 6.10. The van der Waals surface area contributed by atoms with Crippen molar-refractivity contribution in [1.29, 1.82) is 0 Å². The van der Waals surface area contributed by atoms with Crippen LogP contribution in [0.3, 0.4) is 0 Å². The Hall–Kier alpha value is -0.860. The molecular formula is C17H30N2. The molecule has 2 N–H and O–H groups in total. The van der Waals surface area contributed by atoms with Gasteiger partial charge in [0.15, 0.2) is 0 Å². The zero-order valence-electron chi connectivity index (χ0n) is 13.1. The summed E-state index contributed by atoms with van der Waals surface area (Å²) in [5, 5.41) is 0. The van der Waals surface area contributed by atoms with Crippen molar-refractivity contribution in [2.24, 2.45) is 5.73 Å². The number of unbranched alkanes of at least 4 members (excludes halogenated alkanes) is 1. The first-order valence-corrected chi connectivity index (χ1v) is 7.55. The normalized spacial score (nSPS) is 14.6. The van der Waals surface area contributed by atoms with Crippen LogP contribution in [-0.2, 0) is 6.54 Å². The summed E-state index contributed by atoms with van der Waals surface area (Å²) in [6, 6.07) is 8.77. The smallest absolute Gasteiger partial charge is 0.0329 e. The zero-order chi connectivity index (χ0) is 14.3. The first-order valence-electron chi connectivity index (χ1n) is 7.55. The highest BCUT2D eigenvalue weighted by molar-refractivity contribution is 5.22. The van der Waals surface area contributed by atoms with Crippen LogP contribution in [0.15, 0.2) is 24.3 Å². The Bertz CT molecular complexity index is 369. The molecule has 1 rings (SSSR count). The van der Waals surface area contributed by atoms with Gasteiger partial charge in [-0.05, 0) is 32.4 Å². The first kappa shape index (κ1) is 16.2. The van der Waals surface area contributed by atoms with E-state index in [0.29, 0.717) is 0 Å². The maximum atomic E-state index is 6.10. The van der Waals surface area contributed by atoms with E-state index in [9.17, 15) is 0 Å². The number of rotatable bonds is 8. The fourth-order valence-corrected chi connectivity index (χ4v) is 2.80. The number of nitrogens with zero attached hydrogens (tertiary/aromatic N) is 1. The molecule has 0 radical (unpaired) electrons. The van der Waals surface area contributed by atoms with Crippen LogP contribution in [0.25, 0.3) is 0 Å². The van der Waals surface area contributed by atoms with E-state index in [2.05, 4.69) is 57.0 Å². The van der Waals surface area contributed by atoms with Crippen LogP contribution in [0.5, 0.6) is 0 Å². The second kappa shape index (κ2) is 7.66. The van der Waals surface area contributed by atoms with E-state index in [-0.39, 0.29) is 5.54 Å². The van der Waals surface area contributed by atoms with Gasteiger partial charge in [-0.1, -0.05) is 56.5 Å². The van der Waals surface area contributed by atoms with Gasteiger partial charge in [-0.15, -0.1) is 0 Å². The molecule has 0 aliphatic carbocycles. The second-order valence-corrected chi connectivity index (χ2v) is 5.73. The summed E-state index contributed by atoms with van der Waals surface area (Å²) in [4.78, 5) is 2.46. The average molecular weight is 262 g/mol. The Labute approximate surface area is 119 Å². The third-order valence-electron chi connectivity index (χ3n) is 4.35. The van der Waals surface area contributed by atoms with E-state index in [0.717, 1.165) is 19.5 Å². The van der Waals surface area contributed by atoms with Gasteiger partial charge in [0.1, 0.15) is 0 Å². The van der Waals surface area contributed by atoms with Gasteiger partial charge in [0.25, 0.3) is 0 Å². The molecule has 0 aromatic heterocycles. The average Bonchev–Trinajstić information content (AvgIpc) is 2.40. The van der Waals surface area contributed by atoms with Crippen molar-refractivity contribution < 1.29 is 0 Å². The summed E-state index contributed by atoms with van der Waals surface area (Å²) < 4.78 is 0. The lowest BCUT2D eigenvalue weighted by molar-refractivity contribution is 0.0999. The van der Waals surface area contributed by atoms with Gasteiger partial charge in [-0.25, -0.2) is 0 Å². The molecule has 1 atom stereocenters. The predicted octanol–water partition coefficient (Wildman–Crippen LogP) is 3.72. The van der Waals surface area contributed by atoms with Crippen molar-refractivity contribution in [3.8, 4) is 0 Å². The molecular weight excluding hydrogens is 232 g/mol. The minimum atomic E-state index is 0.153. The third kappa shape index (κ3) is 4.32. The lowest BCUT2D eigenvalue weighted by Gasteiger charge is -2.41. The van der Waals surface area contributed by atoms with E-state index in [1.54, 1.807) is 0 Å². The highest BCUT2D eigenvalue weighted by Crippen LogP contribution is 2.26. The Morgan fingerprint density at radius 1 is 1.26 bits per heavy atom. The van der Waals surface area contributed by atoms with Crippen molar-refractivity contribution >= 4 is 0 Å². The molecule has 108 valence electrons. The molecule has 0 spiro atoms. The highest BCUT2D eigenvalue weighted by Gasteiger charge is 2.30. The number of hydrogen-bond acceptors (Lipinski definition) is 2. The van der Waals surface area contributed by atoms with Crippen LogP contribution in [-0.4, -0.2) is 24.0 Å². The molecule has 0 saturated carbocycles. The minimum Gasteiger partial charge on any atom is -0.329 e. The van der Waals surface area contributed by atoms with Gasteiger partial charge in [0, 0.05) is 18.6 Å². The molecule has 0 aliphatic rings. The predicted molar refractivity (Wildman–Crippen MR) is 84.2 cm³/mol. The summed E-state index contributed by atoms with van der Waals surface area (Å²) in [6.45, 7) is 8.38. The largest absolute Gasteiger partial charge is 0.329 e. The molecule has 0 amide bonds. The van der Waals surface area contributed by atoms with Crippen molar-refractivity contribution in [2.45, 2.75) is 58.5 Å². The van der Waals surface area contributed by atoms with E-state index in [4.69, 9.17) is 5.73 Å². The Kier molecular flexibility index (Phi) is 6.53. The number of benzene rings is 1. The summed E-state index contributed by atoms with van der Waals surface area (Å²) >= 11 is 0. The van der Waals surface area contributed by atoms with Gasteiger partial charge >= 0.3 is 0 Å². The molecule has 2 nitrogen and oxygen atoms in total. The SMILES string of the molecule is CCCCC(CC)(CN)N(C)Cc1cccc(C)c1. The van der Waals surface area contributed by atoms with Crippen LogP contribution in [0.4, 0.5) is 0 Å². The molecule has 0 aliphatic heterocycles. The Balaban J connectivity index is 2.79. The number of likely N-dealkylation sites (N-methyl/N-ethyl adjacent to an activating group) is 1.